The van der Waals surface area contributed by atoms with E-state index in [0.717, 1.165) is 4.90 Å². The molecule has 0 atom stereocenters. The zero-order valence-corrected chi connectivity index (χ0v) is 11.6. The van der Waals surface area contributed by atoms with Crippen LogP contribution in [0.3, 0.4) is 0 Å². The molecular formula is C11H11Cl3OS. The molecule has 0 aliphatic heterocycles. The van der Waals surface area contributed by atoms with Crippen molar-refractivity contribution in [3.05, 3.63) is 21.1 Å². The van der Waals surface area contributed by atoms with Gasteiger partial charge in [0.15, 0.2) is 5.75 Å². The third-order valence-corrected chi connectivity index (χ3v) is 5.33. The van der Waals surface area contributed by atoms with Crippen molar-refractivity contribution in [1.29, 1.82) is 0 Å². The minimum absolute atomic E-state index is 0.135. The van der Waals surface area contributed by atoms with Gasteiger partial charge >= 0.3 is 0 Å². The molecule has 0 amide bonds. The fourth-order valence-corrected chi connectivity index (χ4v) is 4.01. The van der Waals surface area contributed by atoms with Crippen LogP contribution in [0.2, 0.25) is 15.1 Å². The number of hydrogen-bond donors (Lipinski definition) is 1. The number of benzene rings is 1. The summed E-state index contributed by atoms with van der Waals surface area (Å²) in [5.74, 6) is -0.135. The molecule has 1 fully saturated rings. The van der Waals surface area contributed by atoms with E-state index in [1.807, 2.05) is 0 Å². The molecule has 1 N–H and O–H groups in total. The van der Waals surface area contributed by atoms with E-state index in [1.54, 1.807) is 17.8 Å². The Kier molecular flexibility index (Phi) is 4.17. The fourth-order valence-electron chi connectivity index (χ4n) is 1.84. The van der Waals surface area contributed by atoms with Crippen LogP contribution in [0.1, 0.15) is 25.7 Å². The van der Waals surface area contributed by atoms with E-state index in [-0.39, 0.29) is 15.8 Å². The van der Waals surface area contributed by atoms with Crippen LogP contribution in [0.25, 0.3) is 0 Å². The van der Waals surface area contributed by atoms with Crippen LogP contribution >= 0.6 is 46.6 Å². The minimum atomic E-state index is -0.135. The molecule has 1 aliphatic carbocycles. The average molecular weight is 298 g/mol. The summed E-state index contributed by atoms with van der Waals surface area (Å²) in [6.45, 7) is 0. The molecule has 2 rings (SSSR count). The molecule has 0 unspecified atom stereocenters. The van der Waals surface area contributed by atoms with E-state index in [1.165, 1.54) is 25.7 Å². The van der Waals surface area contributed by atoms with E-state index in [2.05, 4.69) is 0 Å². The lowest BCUT2D eigenvalue weighted by Gasteiger charge is -2.12. The zero-order chi connectivity index (χ0) is 11.7. The van der Waals surface area contributed by atoms with Crippen molar-refractivity contribution >= 4 is 46.6 Å². The van der Waals surface area contributed by atoms with Crippen LogP contribution < -0.4 is 0 Å². The normalized spacial score (nSPS) is 16.9. The molecule has 0 radical (unpaired) electrons. The first-order valence-corrected chi connectivity index (χ1v) is 7.14. The number of phenols is 1. The molecule has 0 bridgehead atoms. The van der Waals surface area contributed by atoms with Crippen molar-refractivity contribution in [2.75, 3.05) is 0 Å². The lowest BCUT2D eigenvalue weighted by Crippen LogP contribution is -1.94. The molecule has 0 saturated heterocycles. The molecule has 1 aromatic rings. The molecule has 5 heteroatoms. The molecule has 1 nitrogen and oxygen atoms in total. The van der Waals surface area contributed by atoms with Crippen LogP contribution in [0.4, 0.5) is 0 Å². The molecule has 1 aromatic carbocycles. The van der Waals surface area contributed by atoms with Crippen molar-refractivity contribution in [2.45, 2.75) is 35.8 Å². The van der Waals surface area contributed by atoms with Gasteiger partial charge in [-0.1, -0.05) is 47.6 Å². The van der Waals surface area contributed by atoms with Gasteiger partial charge in [0.05, 0.1) is 10.0 Å². The van der Waals surface area contributed by atoms with Gasteiger partial charge in [-0.2, -0.15) is 0 Å². The lowest BCUT2D eigenvalue weighted by atomic mass is 10.3. The molecular weight excluding hydrogens is 287 g/mol. The maximum absolute atomic E-state index is 9.51. The second-order valence-corrected chi connectivity index (χ2v) is 6.36. The van der Waals surface area contributed by atoms with E-state index in [0.29, 0.717) is 10.3 Å². The Balaban J connectivity index is 2.26. The van der Waals surface area contributed by atoms with Gasteiger partial charge < -0.3 is 5.11 Å². The van der Waals surface area contributed by atoms with Gasteiger partial charge in [0, 0.05) is 10.1 Å². The highest BCUT2D eigenvalue weighted by Crippen LogP contribution is 2.46. The summed E-state index contributed by atoms with van der Waals surface area (Å²) in [7, 11) is 0. The lowest BCUT2D eigenvalue weighted by molar-refractivity contribution is 0.475. The Morgan fingerprint density at radius 1 is 1.12 bits per heavy atom. The van der Waals surface area contributed by atoms with Crippen LogP contribution in [-0.4, -0.2) is 10.4 Å². The van der Waals surface area contributed by atoms with Crippen LogP contribution in [0, 0.1) is 0 Å². The molecule has 16 heavy (non-hydrogen) atoms. The van der Waals surface area contributed by atoms with E-state index in [4.69, 9.17) is 34.8 Å². The van der Waals surface area contributed by atoms with Crippen molar-refractivity contribution in [3.8, 4) is 5.75 Å². The highest BCUT2D eigenvalue weighted by molar-refractivity contribution is 8.00. The third-order valence-electron chi connectivity index (χ3n) is 2.70. The van der Waals surface area contributed by atoms with Crippen molar-refractivity contribution in [3.63, 3.8) is 0 Å². The number of rotatable bonds is 2. The van der Waals surface area contributed by atoms with Crippen molar-refractivity contribution in [1.82, 2.24) is 0 Å². The first-order chi connectivity index (χ1) is 7.59. The number of aromatic hydroxyl groups is 1. The van der Waals surface area contributed by atoms with Crippen LogP contribution in [-0.2, 0) is 0 Å². The average Bonchev–Trinajstić information content (AvgIpc) is 2.76. The number of hydrogen-bond acceptors (Lipinski definition) is 2. The monoisotopic (exact) mass is 296 g/mol. The zero-order valence-electron chi connectivity index (χ0n) is 8.47. The SMILES string of the molecule is Oc1c(Cl)cc(SC2CCCC2)c(Cl)c1Cl. The molecule has 1 aliphatic rings. The summed E-state index contributed by atoms with van der Waals surface area (Å²) in [6.07, 6.45) is 4.96. The molecule has 1 saturated carbocycles. The summed E-state index contributed by atoms with van der Waals surface area (Å²) >= 11 is 19.5. The van der Waals surface area contributed by atoms with Gasteiger partial charge in [-0.3, -0.25) is 0 Å². The Bertz CT molecular complexity index is 403. The predicted octanol–water partition coefficient (Wildman–Crippen LogP) is 5.39. The highest BCUT2D eigenvalue weighted by atomic mass is 35.5. The highest BCUT2D eigenvalue weighted by Gasteiger charge is 2.20. The largest absolute Gasteiger partial charge is 0.505 e. The second kappa shape index (κ2) is 5.26. The Hall–Kier alpha value is 0.240. The summed E-state index contributed by atoms with van der Waals surface area (Å²) in [4.78, 5) is 0.862. The van der Waals surface area contributed by atoms with Crippen molar-refractivity contribution < 1.29 is 5.11 Å². The molecule has 0 spiro atoms. The minimum Gasteiger partial charge on any atom is -0.505 e. The fraction of sp³-hybridized carbons (Fsp3) is 0.455. The number of phenolic OH excluding ortho intramolecular Hbond substituents is 1. The van der Waals surface area contributed by atoms with Gasteiger partial charge in [0.2, 0.25) is 0 Å². The molecule has 88 valence electrons. The van der Waals surface area contributed by atoms with E-state index in [9.17, 15) is 5.11 Å². The quantitative estimate of drug-likeness (QED) is 0.739. The number of thioether (sulfide) groups is 1. The van der Waals surface area contributed by atoms with Gasteiger partial charge in [-0.15, -0.1) is 11.8 Å². The maximum atomic E-state index is 9.51. The van der Waals surface area contributed by atoms with Crippen molar-refractivity contribution in [2.24, 2.45) is 0 Å². The summed E-state index contributed by atoms with van der Waals surface area (Å²) in [6, 6.07) is 1.69. The van der Waals surface area contributed by atoms with Crippen LogP contribution in [0.15, 0.2) is 11.0 Å². The van der Waals surface area contributed by atoms with Gasteiger partial charge in [-0.25, -0.2) is 0 Å². The topological polar surface area (TPSA) is 20.2 Å². The number of halogens is 3. The van der Waals surface area contributed by atoms with Crippen LogP contribution in [0.5, 0.6) is 5.75 Å². The molecule has 0 aromatic heterocycles. The molecule has 0 heterocycles. The predicted molar refractivity (Wildman–Crippen MR) is 71.2 cm³/mol. The first-order valence-electron chi connectivity index (χ1n) is 5.12. The van der Waals surface area contributed by atoms with E-state index < -0.39 is 0 Å². The summed E-state index contributed by atoms with van der Waals surface area (Å²) in [5, 5.41) is 10.9. The van der Waals surface area contributed by atoms with Gasteiger partial charge in [0.1, 0.15) is 5.02 Å². The van der Waals surface area contributed by atoms with E-state index >= 15 is 0 Å². The third kappa shape index (κ3) is 2.56. The summed E-state index contributed by atoms with van der Waals surface area (Å²) < 4.78 is 0. The van der Waals surface area contributed by atoms with Gasteiger partial charge in [0.25, 0.3) is 0 Å². The summed E-state index contributed by atoms with van der Waals surface area (Å²) in [5.41, 5.74) is 0. The Morgan fingerprint density at radius 3 is 2.38 bits per heavy atom. The smallest absolute Gasteiger partial charge is 0.154 e. The standard InChI is InChI=1S/C11H11Cl3OS/c12-7-5-8(9(13)10(14)11(7)15)16-6-3-1-2-4-6/h5-6,15H,1-4H2. The Labute approximate surface area is 114 Å². The second-order valence-electron chi connectivity index (χ2n) is 3.86. The first kappa shape index (κ1) is 12.7. The maximum Gasteiger partial charge on any atom is 0.154 e. The van der Waals surface area contributed by atoms with Gasteiger partial charge in [-0.05, 0) is 18.9 Å². The Morgan fingerprint density at radius 2 is 1.75 bits per heavy atom.